The molecular weight excluding hydrogens is 226 g/mol. The van der Waals surface area contributed by atoms with Crippen molar-refractivity contribution < 1.29 is 19.5 Å². The number of amides is 3. The van der Waals surface area contributed by atoms with Gasteiger partial charge in [-0.15, -0.1) is 0 Å². The van der Waals surface area contributed by atoms with E-state index < -0.39 is 12.0 Å². The lowest BCUT2D eigenvalue weighted by molar-refractivity contribution is -0.137. The SMILES string of the molecule is CNC(=O)CNC(=O)NC(C)CCCC(=O)O. The van der Waals surface area contributed by atoms with Crippen LogP contribution in [-0.2, 0) is 9.59 Å². The van der Waals surface area contributed by atoms with Gasteiger partial charge in [-0.1, -0.05) is 0 Å². The van der Waals surface area contributed by atoms with Crippen LogP contribution in [0.3, 0.4) is 0 Å². The van der Waals surface area contributed by atoms with Crippen LogP contribution in [0.2, 0.25) is 0 Å². The van der Waals surface area contributed by atoms with Crippen molar-refractivity contribution in [3.05, 3.63) is 0 Å². The summed E-state index contributed by atoms with van der Waals surface area (Å²) in [6, 6.07) is -0.560. The molecule has 4 N–H and O–H groups in total. The Kier molecular flexibility index (Phi) is 7.49. The molecule has 7 heteroatoms. The van der Waals surface area contributed by atoms with Crippen LogP contribution in [-0.4, -0.2) is 42.6 Å². The van der Waals surface area contributed by atoms with Crippen molar-refractivity contribution >= 4 is 17.9 Å². The topological polar surface area (TPSA) is 108 Å². The molecule has 1 unspecified atom stereocenters. The van der Waals surface area contributed by atoms with E-state index in [1.165, 1.54) is 7.05 Å². The minimum Gasteiger partial charge on any atom is -0.481 e. The number of hydrogen-bond donors (Lipinski definition) is 4. The maximum absolute atomic E-state index is 11.3. The molecule has 0 spiro atoms. The highest BCUT2D eigenvalue weighted by Crippen LogP contribution is 1.99. The zero-order chi connectivity index (χ0) is 13.3. The first-order chi connectivity index (χ1) is 7.95. The summed E-state index contributed by atoms with van der Waals surface area (Å²) in [5, 5.41) is 15.8. The lowest BCUT2D eigenvalue weighted by Gasteiger charge is -2.13. The van der Waals surface area contributed by atoms with Gasteiger partial charge < -0.3 is 21.1 Å². The van der Waals surface area contributed by atoms with Crippen LogP contribution in [0.25, 0.3) is 0 Å². The largest absolute Gasteiger partial charge is 0.481 e. The van der Waals surface area contributed by atoms with Gasteiger partial charge in [-0.2, -0.15) is 0 Å². The zero-order valence-corrected chi connectivity index (χ0v) is 10.1. The fourth-order valence-corrected chi connectivity index (χ4v) is 1.16. The molecule has 3 amide bonds. The maximum Gasteiger partial charge on any atom is 0.315 e. The summed E-state index contributed by atoms with van der Waals surface area (Å²) in [6.45, 7) is 1.70. The first-order valence-corrected chi connectivity index (χ1v) is 5.42. The number of carboxylic acids is 1. The molecule has 17 heavy (non-hydrogen) atoms. The van der Waals surface area contributed by atoms with E-state index in [2.05, 4.69) is 16.0 Å². The van der Waals surface area contributed by atoms with Gasteiger partial charge in [0.15, 0.2) is 0 Å². The molecule has 98 valence electrons. The van der Waals surface area contributed by atoms with E-state index in [4.69, 9.17) is 5.11 Å². The third kappa shape index (κ3) is 9.16. The van der Waals surface area contributed by atoms with E-state index in [1.807, 2.05) is 0 Å². The molecule has 0 aliphatic rings. The first kappa shape index (κ1) is 15.2. The van der Waals surface area contributed by atoms with Crippen LogP contribution >= 0.6 is 0 Å². The Bertz CT molecular complexity index is 281. The molecule has 0 aromatic rings. The van der Waals surface area contributed by atoms with Gasteiger partial charge in [0, 0.05) is 19.5 Å². The standard InChI is InChI=1S/C10H19N3O4/c1-7(4-3-5-9(15)16)13-10(17)12-6-8(14)11-2/h7H,3-6H2,1-2H3,(H,11,14)(H,15,16)(H2,12,13,17). The summed E-state index contributed by atoms with van der Waals surface area (Å²) in [7, 11) is 1.48. The van der Waals surface area contributed by atoms with Crippen LogP contribution in [0.4, 0.5) is 4.79 Å². The highest BCUT2D eigenvalue weighted by molar-refractivity contribution is 5.83. The van der Waals surface area contributed by atoms with Crippen LogP contribution in [0, 0.1) is 0 Å². The number of hydrogen-bond acceptors (Lipinski definition) is 3. The molecule has 0 bridgehead atoms. The van der Waals surface area contributed by atoms with Crippen molar-refractivity contribution in [2.75, 3.05) is 13.6 Å². The number of carbonyl (C=O) groups is 3. The minimum absolute atomic E-state index is 0.0792. The Morgan fingerprint density at radius 1 is 1.29 bits per heavy atom. The lowest BCUT2D eigenvalue weighted by atomic mass is 10.1. The van der Waals surface area contributed by atoms with Crippen molar-refractivity contribution in [2.45, 2.75) is 32.2 Å². The normalized spacial score (nSPS) is 11.4. The van der Waals surface area contributed by atoms with Gasteiger partial charge in [-0.05, 0) is 19.8 Å². The van der Waals surface area contributed by atoms with Gasteiger partial charge in [-0.3, -0.25) is 9.59 Å². The summed E-state index contributed by atoms with van der Waals surface area (Å²) in [5.41, 5.74) is 0. The monoisotopic (exact) mass is 245 g/mol. The quantitative estimate of drug-likeness (QED) is 0.492. The summed E-state index contributed by atoms with van der Waals surface area (Å²) in [5.74, 6) is -1.13. The third-order valence-electron chi connectivity index (χ3n) is 2.09. The van der Waals surface area contributed by atoms with Gasteiger partial charge in [-0.25, -0.2) is 4.79 Å². The predicted molar refractivity (Wildman–Crippen MR) is 61.5 cm³/mol. The van der Waals surface area contributed by atoms with Crippen molar-refractivity contribution in [3.63, 3.8) is 0 Å². The Hall–Kier alpha value is -1.79. The average molecular weight is 245 g/mol. The summed E-state index contributed by atoms with van der Waals surface area (Å²) < 4.78 is 0. The second-order valence-corrected chi connectivity index (χ2v) is 3.69. The van der Waals surface area contributed by atoms with Crippen LogP contribution in [0.15, 0.2) is 0 Å². The number of carbonyl (C=O) groups excluding carboxylic acids is 2. The van der Waals surface area contributed by atoms with E-state index in [0.29, 0.717) is 12.8 Å². The Balaban J connectivity index is 3.65. The van der Waals surface area contributed by atoms with E-state index in [1.54, 1.807) is 6.92 Å². The molecule has 0 fully saturated rings. The molecule has 0 saturated heterocycles. The summed E-state index contributed by atoms with van der Waals surface area (Å²) >= 11 is 0. The molecule has 7 nitrogen and oxygen atoms in total. The molecule has 1 atom stereocenters. The Morgan fingerprint density at radius 2 is 1.94 bits per heavy atom. The second-order valence-electron chi connectivity index (χ2n) is 3.69. The van der Waals surface area contributed by atoms with Gasteiger partial charge >= 0.3 is 12.0 Å². The zero-order valence-electron chi connectivity index (χ0n) is 10.1. The molecule has 0 aliphatic heterocycles. The van der Waals surface area contributed by atoms with Gasteiger partial charge in [0.05, 0.1) is 6.54 Å². The van der Waals surface area contributed by atoms with E-state index in [0.717, 1.165) is 0 Å². The highest BCUT2D eigenvalue weighted by Gasteiger charge is 2.08. The van der Waals surface area contributed by atoms with Crippen molar-refractivity contribution in [1.29, 1.82) is 0 Å². The number of nitrogens with one attached hydrogen (secondary N) is 3. The smallest absolute Gasteiger partial charge is 0.315 e. The van der Waals surface area contributed by atoms with E-state index in [9.17, 15) is 14.4 Å². The minimum atomic E-state index is -0.846. The lowest BCUT2D eigenvalue weighted by Crippen LogP contribution is -2.44. The van der Waals surface area contributed by atoms with Crippen molar-refractivity contribution in [3.8, 4) is 0 Å². The van der Waals surface area contributed by atoms with E-state index in [-0.39, 0.29) is 24.9 Å². The number of likely N-dealkylation sites (N-methyl/N-ethyl adjacent to an activating group) is 1. The van der Waals surface area contributed by atoms with Crippen molar-refractivity contribution in [1.82, 2.24) is 16.0 Å². The third-order valence-corrected chi connectivity index (χ3v) is 2.09. The number of urea groups is 1. The molecular formula is C10H19N3O4. The Labute approximate surface area is 100.0 Å². The highest BCUT2D eigenvalue weighted by atomic mass is 16.4. The van der Waals surface area contributed by atoms with Gasteiger partial charge in [0.2, 0.25) is 5.91 Å². The van der Waals surface area contributed by atoms with Gasteiger partial charge in [0.1, 0.15) is 0 Å². The van der Waals surface area contributed by atoms with Crippen molar-refractivity contribution in [2.24, 2.45) is 0 Å². The van der Waals surface area contributed by atoms with Crippen LogP contribution in [0.1, 0.15) is 26.2 Å². The van der Waals surface area contributed by atoms with Crippen LogP contribution < -0.4 is 16.0 Å². The van der Waals surface area contributed by atoms with E-state index >= 15 is 0 Å². The van der Waals surface area contributed by atoms with Crippen LogP contribution in [0.5, 0.6) is 0 Å². The molecule has 0 aromatic carbocycles. The number of aliphatic carboxylic acids is 1. The fraction of sp³-hybridized carbons (Fsp3) is 0.700. The molecule has 0 heterocycles. The number of rotatable bonds is 7. The molecule has 0 aromatic heterocycles. The molecule has 0 saturated carbocycles. The predicted octanol–water partition coefficient (Wildman–Crippen LogP) is -0.325. The van der Waals surface area contributed by atoms with Gasteiger partial charge in [0.25, 0.3) is 0 Å². The maximum atomic E-state index is 11.3. The average Bonchev–Trinajstić information content (AvgIpc) is 2.25. The summed E-state index contributed by atoms with van der Waals surface area (Å²) in [4.78, 5) is 32.4. The fourth-order valence-electron chi connectivity index (χ4n) is 1.16. The first-order valence-electron chi connectivity index (χ1n) is 5.42. The molecule has 0 radical (unpaired) electrons. The Morgan fingerprint density at radius 3 is 2.47 bits per heavy atom. The molecule has 0 rings (SSSR count). The second kappa shape index (κ2) is 8.37. The summed E-state index contributed by atoms with van der Waals surface area (Å²) in [6.07, 6.45) is 1.18. The number of carboxylic acid groups (broad SMARTS) is 1. The molecule has 0 aliphatic carbocycles.